The van der Waals surface area contributed by atoms with Crippen molar-refractivity contribution in [3.05, 3.63) is 34.9 Å². The van der Waals surface area contributed by atoms with E-state index in [0.29, 0.717) is 0 Å². The highest BCUT2D eigenvalue weighted by Crippen LogP contribution is 2.20. The van der Waals surface area contributed by atoms with Gasteiger partial charge in [0.1, 0.15) is 0 Å². The summed E-state index contributed by atoms with van der Waals surface area (Å²) in [5.41, 5.74) is 4.53. The molecule has 1 heterocycles. The van der Waals surface area contributed by atoms with Gasteiger partial charge < -0.3 is 5.32 Å². The molecule has 2 heteroatoms. The van der Waals surface area contributed by atoms with Crippen molar-refractivity contribution in [2.24, 2.45) is 0 Å². The van der Waals surface area contributed by atoms with Crippen LogP contribution in [0.1, 0.15) is 36.5 Å². The highest BCUT2D eigenvalue weighted by Gasteiger charge is 2.18. The van der Waals surface area contributed by atoms with E-state index in [0.717, 1.165) is 19.0 Å². The summed E-state index contributed by atoms with van der Waals surface area (Å²) in [4.78, 5) is 2.61. The van der Waals surface area contributed by atoms with Gasteiger partial charge in [-0.25, -0.2) is 0 Å². The second kappa shape index (κ2) is 6.35. The van der Waals surface area contributed by atoms with Gasteiger partial charge in [0.15, 0.2) is 0 Å². The predicted octanol–water partition coefficient (Wildman–Crippen LogP) is 2.74. The smallest absolute Gasteiger partial charge is 0.0239 e. The first-order valence-electron chi connectivity index (χ1n) is 7.21. The third-order valence-electron chi connectivity index (χ3n) is 4.27. The van der Waals surface area contributed by atoms with Gasteiger partial charge in [-0.2, -0.15) is 0 Å². The molecule has 100 valence electrons. The number of rotatable bonds is 4. The number of hydrogen-bond donors (Lipinski definition) is 1. The molecule has 2 rings (SSSR count). The number of piperidine rings is 1. The molecular weight excluding hydrogens is 220 g/mol. The quantitative estimate of drug-likeness (QED) is 0.879. The zero-order chi connectivity index (χ0) is 13.0. The fourth-order valence-corrected chi connectivity index (χ4v) is 2.92. The molecule has 0 unspecified atom stereocenters. The molecule has 1 fully saturated rings. The zero-order valence-corrected chi connectivity index (χ0v) is 12.0. The Morgan fingerprint density at radius 3 is 2.61 bits per heavy atom. The van der Waals surface area contributed by atoms with Crippen molar-refractivity contribution in [2.45, 2.75) is 45.7 Å². The van der Waals surface area contributed by atoms with Crippen molar-refractivity contribution in [1.82, 2.24) is 10.2 Å². The van der Waals surface area contributed by atoms with Gasteiger partial charge >= 0.3 is 0 Å². The van der Waals surface area contributed by atoms with E-state index in [1.807, 2.05) is 0 Å². The minimum atomic E-state index is 0.726. The molecule has 1 aliphatic rings. The monoisotopic (exact) mass is 246 g/mol. The second-order valence-corrected chi connectivity index (χ2v) is 5.41. The summed E-state index contributed by atoms with van der Waals surface area (Å²) >= 11 is 0. The van der Waals surface area contributed by atoms with E-state index in [1.54, 1.807) is 5.56 Å². The average Bonchev–Trinajstić information content (AvgIpc) is 2.42. The van der Waals surface area contributed by atoms with Crippen molar-refractivity contribution in [3.8, 4) is 0 Å². The van der Waals surface area contributed by atoms with Gasteiger partial charge in [-0.15, -0.1) is 0 Å². The highest BCUT2D eigenvalue weighted by molar-refractivity contribution is 5.34. The molecule has 1 aromatic rings. The standard InChI is InChI=1S/C16H26N2/c1-4-14-7-5-6-13(2)16(14)12-18-10-8-15(17-3)9-11-18/h5-7,15,17H,4,8-12H2,1-3H3. The molecule has 1 aliphatic heterocycles. The number of benzene rings is 1. The van der Waals surface area contributed by atoms with E-state index in [9.17, 15) is 0 Å². The lowest BCUT2D eigenvalue weighted by molar-refractivity contribution is 0.194. The van der Waals surface area contributed by atoms with Crippen molar-refractivity contribution >= 4 is 0 Å². The highest BCUT2D eigenvalue weighted by atomic mass is 15.1. The molecule has 0 bridgehead atoms. The predicted molar refractivity (Wildman–Crippen MR) is 77.9 cm³/mol. The summed E-state index contributed by atoms with van der Waals surface area (Å²) < 4.78 is 0. The first-order valence-corrected chi connectivity index (χ1v) is 7.21. The van der Waals surface area contributed by atoms with Crippen LogP contribution in [0.3, 0.4) is 0 Å². The van der Waals surface area contributed by atoms with Gasteiger partial charge in [-0.1, -0.05) is 25.1 Å². The van der Waals surface area contributed by atoms with Crippen molar-refractivity contribution in [3.63, 3.8) is 0 Å². The largest absolute Gasteiger partial charge is 0.317 e. The summed E-state index contributed by atoms with van der Waals surface area (Å²) in [6.07, 6.45) is 3.71. The molecule has 0 atom stereocenters. The maximum atomic E-state index is 3.40. The lowest BCUT2D eigenvalue weighted by Crippen LogP contribution is -2.40. The Morgan fingerprint density at radius 2 is 2.00 bits per heavy atom. The van der Waals surface area contributed by atoms with E-state index >= 15 is 0 Å². The lowest BCUT2D eigenvalue weighted by Gasteiger charge is -2.32. The van der Waals surface area contributed by atoms with Gasteiger partial charge in [0.2, 0.25) is 0 Å². The van der Waals surface area contributed by atoms with Crippen LogP contribution in [0, 0.1) is 6.92 Å². The summed E-state index contributed by atoms with van der Waals surface area (Å²) in [7, 11) is 2.08. The van der Waals surface area contributed by atoms with Crippen LogP contribution in [0.15, 0.2) is 18.2 Å². The Hall–Kier alpha value is -0.860. The number of aryl methyl sites for hydroxylation is 2. The molecule has 0 aliphatic carbocycles. The van der Waals surface area contributed by atoms with E-state index in [2.05, 4.69) is 49.3 Å². The molecule has 0 spiro atoms. The Morgan fingerprint density at radius 1 is 1.28 bits per heavy atom. The summed E-state index contributed by atoms with van der Waals surface area (Å²) in [6, 6.07) is 7.44. The molecule has 18 heavy (non-hydrogen) atoms. The number of nitrogens with one attached hydrogen (secondary N) is 1. The van der Waals surface area contributed by atoms with Crippen molar-refractivity contribution in [1.29, 1.82) is 0 Å². The van der Waals surface area contributed by atoms with Gasteiger partial charge in [0.05, 0.1) is 0 Å². The van der Waals surface area contributed by atoms with Crippen LogP contribution < -0.4 is 5.32 Å². The molecule has 0 aromatic heterocycles. The minimum absolute atomic E-state index is 0.726. The topological polar surface area (TPSA) is 15.3 Å². The van der Waals surface area contributed by atoms with E-state index in [4.69, 9.17) is 0 Å². The first-order chi connectivity index (χ1) is 8.74. The summed E-state index contributed by atoms with van der Waals surface area (Å²) in [5, 5.41) is 3.40. The molecule has 0 saturated carbocycles. The van der Waals surface area contributed by atoms with Crippen LogP contribution in [0.4, 0.5) is 0 Å². The summed E-state index contributed by atoms with van der Waals surface area (Å²) in [5.74, 6) is 0. The van der Waals surface area contributed by atoms with Crippen molar-refractivity contribution < 1.29 is 0 Å². The second-order valence-electron chi connectivity index (χ2n) is 5.41. The van der Waals surface area contributed by atoms with Crippen LogP contribution >= 0.6 is 0 Å². The molecule has 0 radical (unpaired) electrons. The first kappa shape index (κ1) is 13.6. The Labute approximate surface area is 111 Å². The lowest BCUT2D eigenvalue weighted by atomic mass is 9.98. The zero-order valence-electron chi connectivity index (χ0n) is 12.0. The Bertz CT molecular complexity index is 379. The van der Waals surface area contributed by atoms with Gasteiger partial charge in [-0.05, 0) is 63.0 Å². The molecule has 1 N–H and O–H groups in total. The number of likely N-dealkylation sites (tertiary alicyclic amines) is 1. The fraction of sp³-hybridized carbons (Fsp3) is 0.625. The Balaban J connectivity index is 2.02. The normalized spacial score (nSPS) is 18.2. The third kappa shape index (κ3) is 3.12. The fourth-order valence-electron chi connectivity index (χ4n) is 2.92. The number of hydrogen-bond acceptors (Lipinski definition) is 2. The average molecular weight is 246 g/mol. The Kier molecular flexibility index (Phi) is 4.79. The maximum absolute atomic E-state index is 3.40. The summed E-state index contributed by atoms with van der Waals surface area (Å²) in [6.45, 7) is 8.08. The van der Waals surface area contributed by atoms with Gasteiger partial charge in [-0.3, -0.25) is 4.90 Å². The minimum Gasteiger partial charge on any atom is -0.317 e. The van der Waals surface area contributed by atoms with E-state index < -0.39 is 0 Å². The van der Waals surface area contributed by atoms with Crippen LogP contribution in [0.25, 0.3) is 0 Å². The van der Waals surface area contributed by atoms with Crippen LogP contribution in [-0.4, -0.2) is 31.1 Å². The van der Waals surface area contributed by atoms with E-state index in [-0.39, 0.29) is 0 Å². The van der Waals surface area contributed by atoms with Crippen LogP contribution in [0.5, 0.6) is 0 Å². The molecule has 1 aromatic carbocycles. The molecular formula is C16H26N2. The number of nitrogens with zero attached hydrogens (tertiary/aromatic N) is 1. The SMILES string of the molecule is CCc1cccc(C)c1CN1CCC(NC)CC1. The van der Waals surface area contributed by atoms with Crippen LogP contribution in [-0.2, 0) is 13.0 Å². The third-order valence-corrected chi connectivity index (χ3v) is 4.27. The van der Waals surface area contributed by atoms with Crippen molar-refractivity contribution in [2.75, 3.05) is 20.1 Å². The van der Waals surface area contributed by atoms with Gasteiger partial charge in [0, 0.05) is 12.6 Å². The van der Waals surface area contributed by atoms with Gasteiger partial charge in [0.25, 0.3) is 0 Å². The molecule has 1 saturated heterocycles. The van der Waals surface area contributed by atoms with E-state index in [1.165, 1.54) is 37.1 Å². The molecule has 2 nitrogen and oxygen atoms in total. The van der Waals surface area contributed by atoms with Crippen LogP contribution in [0.2, 0.25) is 0 Å². The maximum Gasteiger partial charge on any atom is 0.0239 e. The molecule has 0 amide bonds.